The average molecular weight is 250 g/mol. The van der Waals surface area contributed by atoms with Crippen LogP contribution in [0.15, 0.2) is 12.3 Å². The van der Waals surface area contributed by atoms with Gasteiger partial charge in [-0.2, -0.15) is 5.10 Å². The molecule has 1 aliphatic rings. The number of nitrogen functional groups attached to an aromatic ring is 1. The number of rotatable bonds is 5. The monoisotopic (exact) mass is 250 g/mol. The molecule has 0 aromatic carbocycles. The van der Waals surface area contributed by atoms with Crippen LogP contribution in [0.25, 0.3) is 0 Å². The summed E-state index contributed by atoms with van der Waals surface area (Å²) in [6.07, 6.45) is 11.5. The quantitative estimate of drug-likeness (QED) is 0.817. The third kappa shape index (κ3) is 4.02. The fraction of sp³-hybridized carbons (Fsp3) is 0.786. The molecule has 2 N–H and O–H groups in total. The highest BCUT2D eigenvalue weighted by molar-refractivity contribution is 5.23. The van der Waals surface area contributed by atoms with E-state index in [-0.39, 0.29) is 0 Å². The maximum Gasteiger partial charge on any atom is 0.145 e. The lowest BCUT2D eigenvalue weighted by Gasteiger charge is -2.26. The Morgan fingerprint density at radius 1 is 1.33 bits per heavy atom. The average Bonchev–Trinajstić information content (AvgIpc) is 2.63. The molecule has 1 aliphatic carbocycles. The summed E-state index contributed by atoms with van der Waals surface area (Å²) in [5, 5.41) is 4.21. The third-order valence-electron chi connectivity index (χ3n) is 4.01. The van der Waals surface area contributed by atoms with Crippen LogP contribution in [-0.4, -0.2) is 34.3 Å². The van der Waals surface area contributed by atoms with Crippen LogP contribution in [0.1, 0.15) is 44.9 Å². The molecule has 18 heavy (non-hydrogen) atoms. The largest absolute Gasteiger partial charge is 0.382 e. The highest BCUT2D eigenvalue weighted by Crippen LogP contribution is 2.21. The smallest absolute Gasteiger partial charge is 0.145 e. The molecular formula is C14H26N4. The topological polar surface area (TPSA) is 47.1 Å². The van der Waals surface area contributed by atoms with Gasteiger partial charge in [0.05, 0.1) is 0 Å². The molecule has 1 heterocycles. The van der Waals surface area contributed by atoms with Gasteiger partial charge in [0.15, 0.2) is 0 Å². The maximum absolute atomic E-state index is 5.60. The summed E-state index contributed by atoms with van der Waals surface area (Å²) in [6, 6.07) is 2.66. The molecule has 2 rings (SSSR count). The molecule has 0 unspecified atom stereocenters. The second-order valence-corrected chi connectivity index (χ2v) is 5.48. The van der Waals surface area contributed by atoms with Crippen LogP contribution in [0, 0.1) is 0 Å². The Morgan fingerprint density at radius 3 is 2.67 bits per heavy atom. The van der Waals surface area contributed by atoms with Crippen molar-refractivity contribution in [3.63, 3.8) is 0 Å². The van der Waals surface area contributed by atoms with E-state index in [2.05, 4.69) is 17.0 Å². The van der Waals surface area contributed by atoms with Crippen LogP contribution in [0.5, 0.6) is 0 Å². The van der Waals surface area contributed by atoms with Gasteiger partial charge in [-0.1, -0.05) is 25.7 Å². The fourth-order valence-electron chi connectivity index (χ4n) is 2.87. The Bertz CT molecular complexity index is 339. The molecule has 1 aromatic heterocycles. The van der Waals surface area contributed by atoms with E-state index in [0.29, 0.717) is 5.82 Å². The molecule has 4 nitrogen and oxygen atoms in total. The minimum absolute atomic E-state index is 0.618. The van der Waals surface area contributed by atoms with Gasteiger partial charge in [0, 0.05) is 18.8 Å². The molecule has 4 heteroatoms. The molecule has 0 amide bonds. The van der Waals surface area contributed by atoms with Crippen molar-refractivity contribution in [2.75, 3.05) is 19.3 Å². The van der Waals surface area contributed by atoms with E-state index in [1.165, 1.54) is 38.5 Å². The van der Waals surface area contributed by atoms with Crippen molar-refractivity contribution >= 4 is 5.82 Å². The van der Waals surface area contributed by atoms with Crippen molar-refractivity contribution in [2.45, 2.75) is 57.5 Å². The van der Waals surface area contributed by atoms with E-state index >= 15 is 0 Å². The molecule has 0 saturated heterocycles. The highest BCUT2D eigenvalue weighted by Gasteiger charge is 2.16. The molecule has 0 radical (unpaired) electrons. The fourth-order valence-corrected chi connectivity index (χ4v) is 2.87. The summed E-state index contributed by atoms with van der Waals surface area (Å²) < 4.78 is 1.94. The lowest BCUT2D eigenvalue weighted by atomic mass is 10.1. The Kier molecular flexibility index (Phi) is 5.05. The van der Waals surface area contributed by atoms with Crippen LogP contribution >= 0.6 is 0 Å². The summed E-state index contributed by atoms with van der Waals surface area (Å²) in [5.41, 5.74) is 5.60. The van der Waals surface area contributed by atoms with Crippen molar-refractivity contribution in [3.8, 4) is 0 Å². The highest BCUT2D eigenvalue weighted by atomic mass is 15.3. The van der Waals surface area contributed by atoms with E-state index < -0.39 is 0 Å². The maximum atomic E-state index is 5.60. The van der Waals surface area contributed by atoms with E-state index in [4.69, 9.17) is 5.73 Å². The van der Waals surface area contributed by atoms with Crippen molar-refractivity contribution in [1.82, 2.24) is 14.7 Å². The van der Waals surface area contributed by atoms with Gasteiger partial charge < -0.3 is 10.6 Å². The van der Waals surface area contributed by atoms with Gasteiger partial charge in [-0.25, -0.2) is 0 Å². The van der Waals surface area contributed by atoms with Gasteiger partial charge in [-0.05, 0) is 38.9 Å². The number of nitrogens with zero attached hydrogens (tertiary/aromatic N) is 3. The lowest BCUT2D eigenvalue weighted by Crippen LogP contribution is -2.32. The molecule has 0 bridgehead atoms. The van der Waals surface area contributed by atoms with E-state index in [0.717, 1.165) is 25.6 Å². The number of hydrogen-bond acceptors (Lipinski definition) is 3. The number of aryl methyl sites for hydroxylation is 1. The van der Waals surface area contributed by atoms with Crippen LogP contribution in [0.2, 0.25) is 0 Å². The molecule has 1 fully saturated rings. The minimum atomic E-state index is 0.618. The lowest BCUT2D eigenvalue weighted by molar-refractivity contribution is 0.214. The van der Waals surface area contributed by atoms with E-state index in [1.54, 1.807) is 0 Å². The van der Waals surface area contributed by atoms with Crippen LogP contribution < -0.4 is 5.73 Å². The Labute approximate surface area is 110 Å². The first kappa shape index (κ1) is 13.4. The standard InChI is InChI=1S/C14H26N4/c1-17(13-7-4-2-3-5-8-13)10-6-11-18-12-9-14(15)16-18/h9,12-13H,2-8,10-11H2,1H3,(H2,15,16). The normalized spacial score (nSPS) is 18.1. The van der Waals surface area contributed by atoms with Crippen LogP contribution in [0.3, 0.4) is 0 Å². The summed E-state index contributed by atoms with van der Waals surface area (Å²) >= 11 is 0. The second kappa shape index (κ2) is 6.78. The van der Waals surface area contributed by atoms with Gasteiger partial charge in [-0.15, -0.1) is 0 Å². The van der Waals surface area contributed by atoms with Gasteiger partial charge in [0.1, 0.15) is 5.82 Å². The van der Waals surface area contributed by atoms with Gasteiger partial charge in [-0.3, -0.25) is 4.68 Å². The first-order valence-corrected chi connectivity index (χ1v) is 7.25. The number of aromatic nitrogens is 2. The molecule has 1 aromatic rings. The zero-order valence-corrected chi connectivity index (χ0v) is 11.5. The summed E-state index contributed by atoms with van der Waals surface area (Å²) in [6.45, 7) is 2.12. The first-order valence-electron chi connectivity index (χ1n) is 7.25. The molecule has 0 spiro atoms. The predicted molar refractivity (Wildman–Crippen MR) is 75.4 cm³/mol. The minimum Gasteiger partial charge on any atom is -0.382 e. The molecule has 1 saturated carbocycles. The third-order valence-corrected chi connectivity index (χ3v) is 4.01. The molecule has 0 atom stereocenters. The number of nitrogens with two attached hydrogens (primary N) is 1. The van der Waals surface area contributed by atoms with E-state index in [1.807, 2.05) is 16.9 Å². The van der Waals surface area contributed by atoms with Gasteiger partial charge >= 0.3 is 0 Å². The Morgan fingerprint density at radius 2 is 2.06 bits per heavy atom. The van der Waals surface area contributed by atoms with Crippen LogP contribution in [-0.2, 0) is 6.54 Å². The second-order valence-electron chi connectivity index (χ2n) is 5.48. The first-order chi connectivity index (χ1) is 8.75. The van der Waals surface area contributed by atoms with Gasteiger partial charge in [0.2, 0.25) is 0 Å². The zero-order chi connectivity index (χ0) is 12.8. The molecule has 0 aliphatic heterocycles. The Hall–Kier alpha value is -1.03. The Balaban J connectivity index is 1.68. The zero-order valence-electron chi connectivity index (χ0n) is 11.5. The summed E-state index contributed by atoms with van der Waals surface area (Å²) in [5.74, 6) is 0.618. The van der Waals surface area contributed by atoms with Crippen molar-refractivity contribution in [3.05, 3.63) is 12.3 Å². The van der Waals surface area contributed by atoms with Crippen molar-refractivity contribution < 1.29 is 0 Å². The van der Waals surface area contributed by atoms with Crippen molar-refractivity contribution in [1.29, 1.82) is 0 Å². The van der Waals surface area contributed by atoms with Crippen molar-refractivity contribution in [2.24, 2.45) is 0 Å². The molecule has 102 valence electrons. The van der Waals surface area contributed by atoms with E-state index in [9.17, 15) is 0 Å². The SMILES string of the molecule is CN(CCCn1ccc(N)n1)C1CCCCCC1. The van der Waals surface area contributed by atoms with Crippen LogP contribution in [0.4, 0.5) is 5.82 Å². The summed E-state index contributed by atoms with van der Waals surface area (Å²) in [7, 11) is 2.27. The summed E-state index contributed by atoms with van der Waals surface area (Å²) in [4.78, 5) is 2.54. The predicted octanol–water partition coefficient (Wildman–Crippen LogP) is 2.51. The molecular weight excluding hydrogens is 224 g/mol. The van der Waals surface area contributed by atoms with Gasteiger partial charge in [0.25, 0.3) is 0 Å². The number of hydrogen-bond donors (Lipinski definition) is 1. The number of anilines is 1.